The zero-order valence-electron chi connectivity index (χ0n) is 22.5. The van der Waals surface area contributed by atoms with E-state index >= 15 is 0 Å². The lowest BCUT2D eigenvalue weighted by Crippen LogP contribution is -2.28. The van der Waals surface area contributed by atoms with Crippen LogP contribution in [0.15, 0.2) is 88.1 Å². The monoisotopic (exact) mass is 590 g/mol. The number of aromatic hydroxyl groups is 1. The van der Waals surface area contributed by atoms with E-state index in [4.69, 9.17) is 16.6 Å². The van der Waals surface area contributed by atoms with Crippen molar-refractivity contribution in [1.29, 1.82) is 0 Å². The standard InChI is InChI=1S/C31H22N6O5S/c1-16-34-36-29(37-35-16)18-4-2-17(3-5-18)15-32-31(43)33-19-6-9-22(25(12-19)30(40)41)28-23-10-7-20(38)13-26(23)42-27-14-21(39)8-11-24(27)28/h2-14,38H,15H2,1H3,(H,40,41)(H2,32,33,43). The van der Waals surface area contributed by atoms with Crippen molar-refractivity contribution in [1.82, 2.24) is 25.7 Å². The normalized spacial score (nSPS) is 11.0. The third kappa shape index (κ3) is 5.72. The number of nitrogens with zero attached hydrogens (tertiary/aromatic N) is 4. The molecule has 4 aromatic rings. The number of carboxylic acid groups (broad SMARTS) is 1. The van der Waals surface area contributed by atoms with Gasteiger partial charge in [-0.25, -0.2) is 4.79 Å². The van der Waals surface area contributed by atoms with Gasteiger partial charge in [0.2, 0.25) is 5.82 Å². The molecule has 0 saturated heterocycles. The quantitative estimate of drug-likeness (QED) is 0.152. The van der Waals surface area contributed by atoms with Crippen molar-refractivity contribution in [3.8, 4) is 39.6 Å². The molecule has 0 spiro atoms. The van der Waals surface area contributed by atoms with E-state index in [0.29, 0.717) is 56.7 Å². The largest absolute Gasteiger partial charge is 0.508 e. The van der Waals surface area contributed by atoms with Crippen LogP contribution >= 0.6 is 12.2 Å². The van der Waals surface area contributed by atoms with Crippen LogP contribution in [-0.4, -0.2) is 41.7 Å². The summed E-state index contributed by atoms with van der Waals surface area (Å²) in [4.78, 5) is 24.5. The smallest absolute Gasteiger partial charge is 0.336 e. The molecule has 12 heteroatoms. The number of carboxylic acids is 1. The van der Waals surface area contributed by atoms with Gasteiger partial charge in [-0.05, 0) is 66.7 Å². The van der Waals surface area contributed by atoms with Gasteiger partial charge in [0.05, 0.1) is 5.56 Å². The van der Waals surface area contributed by atoms with Crippen molar-refractivity contribution in [3.05, 3.63) is 106 Å². The fourth-order valence-electron chi connectivity index (χ4n) is 4.69. The molecule has 1 aromatic heterocycles. The molecule has 11 nitrogen and oxygen atoms in total. The summed E-state index contributed by atoms with van der Waals surface area (Å²) in [5.41, 5.74) is 3.80. The number of thiocarbonyl (C=S) groups is 1. The molecule has 2 heterocycles. The molecule has 0 amide bonds. The van der Waals surface area contributed by atoms with Crippen molar-refractivity contribution in [2.24, 2.45) is 0 Å². The molecule has 2 aliphatic rings. The second-order valence-electron chi connectivity index (χ2n) is 9.66. The van der Waals surface area contributed by atoms with Crippen LogP contribution < -0.4 is 16.1 Å². The average molecular weight is 591 g/mol. The van der Waals surface area contributed by atoms with Gasteiger partial charge >= 0.3 is 5.97 Å². The Morgan fingerprint density at radius 3 is 2.40 bits per heavy atom. The molecule has 4 N–H and O–H groups in total. The number of rotatable bonds is 6. The molecule has 0 saturated carbocycles. The fourth-order valence-corrected chi connectivity index (χ4v) is 4.88. The number of fused-ring (bicyclic) bond motifs is 2. The highest BCUT2D eigenvalue weighted by molar-refractivity contribution is 7.80. The molecule has 1 aliphatic carbocycles. The Labute approximate surface area is 249 Å². The summed E-state index contributed by atoms with van der Waals surface area (Å²) in [6, 6.07) is 21.3. The number of phenols is 1. The fraction of sp³-hybridized carbons (Fsp3) is 0.0645. The Bertz CT molecular complexity index is 2040. The van der Waals surface area contributed by atoms with Gasteiger partial charge in [-0.2, -0.15) is 0 Å². The predicted octanol–water partition coefficient (Wildman–Crippen LogP) is 5.01. The number of aromatic nitrogens is 4. The van der Waals surface area contributed by atoms with E-state index in [1.165, 1.54) is 30.3 Å². The molecule has 212 valence electrons. The van der Waals surface area contributed by atoms with Crippen molar-refractivity contribution in [2.75, 3.05) is 5.32 Å². The Kier molecular flexibility index (Phi) is 7.18. The summed E-state index contributed by atoms with van der Waals surface area (Å²) in [5.74, 6) is 0.0248. The first-order valence-corrected chi connectivity index (χ1v) is 13.4. The SMILES string of the molecule is Cc1nnc(-c2ccc(CNC(=S)Nc3ccc(-c4c5ccc(=O)cc-5oc5cc(O)ccc45)c(C(=O)O)c3)cc2)nn1. The number of nitrogens with one attached hydrogen (secondary N) is 2. The summed E-state index contributed by atoms with van der Waals surface area (Å²) in [6.07, 6.45) is 0. The number of anilines is 1. The minimum atomic E-state index is -1.15. The zero-order valence-corrected chi connectivity index (χ0v) is 23.3. The topological polar surface area (TPSA) is 163 Å². The molecule has 0 fully saturated rings. The van der Waals surface area contributed by atoms with Crippen LogP contribution in [0.25, 0.3) is 44.8 Å². The van der Waals surface area contributed by atoms with E-state index in [-0.39, 0.29) is 22.5 Å². The summed E-state index contributed by atoms with van der Waals surface area (Å²) in [5, 5.41) is 43.2. The molecule has 0 atom stereocenters. The molecule has 3 aromatic carbocycles. The maximum atomic E-state index is 12.5. The summed E-state index contributed by atoms with van der Waals surface area (Å²) >= 11 is 5.46. The third-order valence-corrected chi connectivity index (χ3v) is 6.94. The highest BCUT2D eigenvalue weighted by atomic mass is 32.1. The summed E-state index contributed by atoms with van der Waals surface area (Å²) in [6.45, 7) is 2.13. The van der Waals surface area contributed by atoms with Crippen molar-refractivity contribution >= 4 is 40.0 Å². The summed E-state index contributed by atoms with van der Waals surface area (Å²) < 4.78 is 5.89. The number of carbonyl (C=O) groups is 1. The Balaban J connectivity index is 1.25. The van der Waals surface area contributed by atoms with Gasteiger partial charge in [-0.15, -0.1) is 20.4 Å². The van der Waals surface area contributed by atoms with Crippen LogP contribution in [0.1, 0.15) is 21.7 Å². The minimum absolute atomic E-state index is 0.0127. The van der Waals surface area contributed by atoms with E-state index in [1.54, 1.807) is 31.2 Å². The molecule has 0 bridgehead atoms. The van der Waals surface area contributed by atoms with E-state index in [1.807, 2.05) is 24.3 Å². The van der Waals surface area contributed by atoms with E-state index in [9.17, 15) is 19.8 Å². The van der Waals surface area contributed by atoms with Crippen LogP contribution in [-0.2, 0) is 6.54 Å². The molecule has 43 heavy (non-hydrogen) atoms. The number of hydrogen-bond acceptors (Lipinski definition) is 9. The van der Waals surface area contributed by atoms with Crippen molar-refractivity contribution in [2.45, 2.75) is 13.5 Å². The lowest BCUT2D eigenvalue weighted by atomic mass is 9.90. The van der Waals surface area contributed by atoms with Gasteiger partial charge in [0.1, 0.15) is 17.1 Å². The summed E-state index contributed by atoms with van der Waals surface area (Å²) in [7, 11) is 0. The van der Waals surface area contributed by atoms with Crippen molar-refractivity contribution in [3.63, 3.8) is 0 Å². The highest BCUT2D eigenvalue weighted by Crippen LogP contribution is 2.42. The van der Waals surface area contributed by atoms with Crippen LogP contribution in [0, 0.1) is 6.92 Å². The van der Waals surface area contributed by atoms with Gasteiger partial charge in [0.25, 0.3) is 0 Å². The molecule has 1 aliphatic heterocycles. The Hall–Kier alpha value is -5.75. The van der Waals surface area contributed by atoms with Gasteiger partial charge in [-0.1, -0.05) is 30.3 Å². The molecular formula is C31H22N6O5S. The van der Waals surface area contributed by atoms with E-state index in [2.05, 4.69) is 31.0 Å². The number of hydrogen-bond donors (Lipinski definition) is 4. The minimum Gasteiger partial charge on any atom is -0.508 e. The van der Waals surface area contributed by atoms with Crippen LogP contribution in [0.3, 0.4) is 0 Å². The first-order chi connectivity index (χ1) is 20.7. The van der Waals surface area contributed by atoms with Crippen LogP contribution in [0.2, 0.25) is 0 Å². The second-order valence-corrected chi connectivity index (χ2v) is 10.1. The van der Waals surface area contributed by atoms with E-state index < -0.39 is 5.97 Å². The highest BCUT2D eigenvalue weighted by Gasteiger charge is 2.22. The first-order valence-electron chi connectivity index (χ1n) is 13.0. The van der Waals surface area contributed by atoms with Crippen molar-refractivity contribution < 1.29 is 19.4 Å². The number of benzene rings is 4. The maximum Gasteiger partial charge on any atom is 0.336 e. The Morgan fingerprint density at radius 1 is 0.907 bits per heavy atom. The van der Waals surface area contributed by atoms with E-state index in [0.717, 1.165) is 11.1 Å². The average Bonchev–Trinajstić information content (AvgIpc) is 2.99. The second kappa shape index (κ2) is 11.3. The third-order valence-electron chi connectivity index (χ3n) is 6.70. The zero-order chi connectivity index (χ0) is 30.1. The number of aryl methyl sites for hydroxylation is 1. The van der Waals surface area contributed by atoms with Gasteiger partial charge in [0, 0.05) is 46.4 Å². The van der Waals surface area contributed by atoms with Gasteiger partial charge in [-0.3, -0.25) is 4.79 Å². The lowest BCUT2D eigenvalue weighted by molar-refractivity contribution is 0.0697. The molecule has 0 unspecified atom stereocenters. The molecule has 0 radical (unpaired) electrons. The first kappa shape index (κ1) is 27.4. The molecular weight excluding hydrogens is 568 g/mol. The Morgan fingerprint density at radius 2 is 1.65 bits per heavy atom. The number of aromatic carboxylic acids is 1. The predicted molar refractivity (Wildman–Crippen MR) is 164 cm³/mol. The number of phenolic OH excluding ortho intramolecular Hbond substituents is 1. The molecule has 6 rings (SSSR count). The lowest BCUT2D eigenvalue weighted by Gasteiger charge is -2.18. The maximum absolute atomic E-state index is 12.5. The van der Waals surface area contributed by atoms with Crippen LogP contribution in [0.5, 0.6) is 5.75 Å². The van der Waals surface area contributed by atoms with Crippen LogP contribution in [0.4, 0.5) is 5.69 Å². The van der Waals surface area contributed by atoms with Gasteiger partial charge < -0.3 is 25.3 Å². The van der Waals surface area contributed by atoms with Gasteiger partial charge in [0.15, 0.2) is 16.4 Å².